The van der Waals surface area contributed by atoms with E-state index >= 15 is 0 Å². The van der Waals surface area contributed by atoms with Crippen LogP contribution in [0.5, 0.6) is 0 Å². The van der Waals surface area contributed by atoms with Gasteiger partial charge in [-0.3, -0.25) is 0 Å². The maximum atomic E-state index is 4.63. The van der Waals surface area contributed by atoms with Crippen molar-refractivity contribution in [2.45, 2.75) is 6.92 Å². The summed E-state index contributed by atoms with van der Waals surface area (Å²) in [6.07, 6.45) is 2.02. The van der Waals surface area contributed by atoms with Gasteiger partial charge < -0.3 is 4.57 Å². The van der Waals surface area contributed by atoms with Crippen molar-refractivity contribution < 1.29 is 0 Å². The average molecular weight is 308 g/mol. The first kappa shape index (κ1) is 10.9. The molecule has 3 aromatic rings. The Kier molecular flexibility index (Phi) is 2.52. The van der Waals surface area contributed by atoms with E-state index in [1.54, 1.807) is 11.3 Å². The Morgan fingerprint density at radius 1 is 1.35 bits per heavy atom. The van der Waals surface area contributed by atoms with Crippen molar-refractivity contribution in [3.05, 3.63) is 33.9 Å². The molecule has 0 bridgehead atoms. The monoisotopic (exact) mass is 307 g/mol. The van der Waals surface area contributed by atoms with Gasteiger partial charge in [-0.1, -0.05) is 6.07 Å². The summed E-state index contributed by atoms with van der Waals surface area (Å²) in [6, 6.07) is 4.06. The minimum Gasteiger partial charge on any atom is -0.334 e. The summed E-state index contributed by atoms with van der Waals surface area (Å²) in [4.78, 5) is 10.3. The van der Waals surface area contributed by atoms with Crippen molar-refractivity contribution in [2.75, 3.05) is 0 Å². The van der Waals surface area contributed by atoms with Crippen molar-refractivity contribution in [1.82, 2.24) is 14.5 Å². The minimum atomic E-state index is 0.804. The zero-order valence-electron chi connectivity index (χ0n) is 9.44. The standard InChI is InChI=1S/C12H10BrN3S/c1-7-10-8(13)6-16(2)12(10)15-11(14-7)9-4-3-5-17-9/h3-6H,1-2H3. The number of nitrogens with zero attached hydrogens (tertiary/aromatic N) is 3. The fraction of sp³-hybridized carbons (Fsp3) is 0.167. The van der Waals surface area contributed by atoms with Gasteiger partial charge in [0.15, 0.2) is 5.82 Å². The normalized spacial score (nSPS) is 11.2. The van der Waals surface area contributed by atoms with Crippen molar-refractivity contribution in [1.29, 1.82) is 0 Å². The molecule has 0 amide bonds. The predicted octanol–water partition coefficient (Wildman–Crippen LogP) is 3.77. The zero-order chi connectivity index (χ0) is 12.0. The zero-order valence-corrected chi connectivity index (χ0v) is 11.8. The summed E-state index contributed by atoms with van der Waals surface area (Å²) >= 11 is 5.20. The van der Waals surface area contributed by atoms with Crippen LogP contribution in [0.2, 0.25) is 0 Å². The molecule has 0 unspecified atom stereocenters. The Labute approximate surface area is 111 Å². The highest BCUT2D eigenvalue weighted by Gasteiger charge is 2.12. The first-order chi connectivity index (χ1) is 8.16. The van der Waals surface area contributed by atoms with Gasteiger partial charge in [0.05, 0.1) is 16.0 Å². The summed E-state index contributed by atoms with van der Waals surface area (Å²) in [5.41, 5.74) is 1.97. The van der Waals surface area contributed by atoms with Crippen LogP contribution in [0.3, 0.4) is 0 Å². The highest BCUT2D eigenvalue weighted by Crippen LogP contribution is 2.29. The van der Waals surface area contributed by atoms with Crippen LogP contribution in [0.4, 0.5) is 0 Å². The number of thiophene rings is 1. The highest BCUT2D eigenvalue weighted by atomic mass is 79.9. The molecule has 0 atom stereocenters. The Balaban J connectivity index is 2.34. The third kappa shape index (κ3) is 1.70. The maximum absolute atomic E-state index is 4.63. The quantitative estimate of drug-likeness (QED) is 0.685. The molecule has 0 aliphatic rings. The van der Waals surface area contributed by atoms with Gasteiger partial charge in [-0.2, -0.15) is 0 Å². The van der Waals surface area contributed by atoms with Crippen LogP contribution in [-0.4, -0.2) is 14.5 Å². The lowest BCUT2D eigenvalue weighted by Crippen LogP contribution is -1.95. The van der Waals surface area contributed by atoms with Crippen molar-refractivity contribution >= 4 is 38.3 Å². The van der Waals surface area contributed by atoms with E-state index in [9.17, 15) is 0 Å². The van der Waals surface area contributed by atoms with E-state index in [1.165, 1.54) is 0 Å². The van der Waals surface area contributed by atoms with Crippen LogP contribution in [-0.2, 0) is 7.05 Å². The molecule has 3 heterocycles. The van der Waals surface area contributed by atoms with Crippen molar-refractivity contribution in [2.24, 2.45) is 7.05 Å². The summed E-state index contributed by atoms with van der Waals surface area (Å²) in [5, 5.41) is 3.13. The lowest BCUT2D eigenvalue weighted by Gasteiger charge is -2.02. The first-order valence-electron chi connectivity index (χ1n) is 5.20. The Morgan fingerprint density at radius 3 is 2.88 bits per heavy atom. The Morgan fingerprint density at radius 2 is 2.18 bits per heavy atom. The molecule has 0 saturated heterocycles. The number of fused-ring (bicyclic) bond motifs is 1. The number of halogens is 1. The second kappa shape index (κ2) is 3.92. The van der Waals surface area contributed by atoms with E-state index < -0.39 is 0 Å². The van der Waals surface area contributed by atoms with Gasteiger partial charge in [0.1, 0.15) is 5.65 Å². The van der Waals surface area contributed by atoms with Crippen LogP contribution in [0.15, 0.2) is 28.2 Å². The van der Waals surface area contributed by atoms with Crippen LogP contribution >= 0.6 is 27.3 Å². The molecular formula is C12H10BrN3S. The first-order valence-corrected chi connectivity index (χ1v) is 6.87. The summed E-state index contributed by atoms with van der Waals surface area (Å²) in [6.45, 7) is 2.02. The largest absolute Gasteiger partial charge is 0.334 e. The van der Waals surface area contributed by atoms with Gasteiger partial charge >= 0.3 is 0 Å². The molecule has 3 rings (SSSR count). The number of aromatic nitrogens is 3. The molecule has 0 spiro atoms. The molecule has 0 aromatic carbocycles. The lowest BCUT2D eigenvalue weighted by molar-refractivity contribution is 0.942. The fourth-order valence-corrected chi connectivity index (χ4v) is 3.33. The molecule has 17 heavy (non-hydrogen) atoms. The second-order valence-electron chi connectivity index (χ2n) is 3.90. The molecule has 5 heteroatoms. The molecule has 3 nitrogen and oxygen atoms in total. The Bertz CT molecular complexity index is 685. The third-order valence-electron chi connectivity index (χ3n) is 2.69. The van der Waals surface area contributed by atoms with E-state index in [2.05, 4.69) is 25.9 Å². The molecule has 0 aliphatic carbocycles. The van der Waals surface area contributed by atoms with Crippen LogP contribution < -0.4 is 0 Å². The summed E-state index contributed by atoms with van der Waals surface area (Å²) in [7, 11) is 2.00. The van der Waals surface area contributed by atoms with E-state index in [4.69, 9.17) is 0 Å². The lowest BCUT2D eigenvalue weighted by atomic mass is 10.3. The van der Waals surface area contributed by atoms with Crippen molar-refractivity contribution in [3.63, 3.8) is 0 Å². The van der Waals surface area contributed by atoms with Gasteiger partial charge in [0, 0.05) is 17.7 Å². The topological polar surface area (TPSA) is 30.7 Å². The third-order valence-corrected chi connectivity index (χ3v) is 4.16. The molecule has 0 saturated carbocycles. The van der Waals surface area contributed by atoms with E-state index in [-0.39, 0.29) is 0 Å². The van der Waals surface area contributed by atoms with E-state index in [1.807, 2.05) is 42.2 Å². The molecule has 0 aliphatic heterocycles. The number of rotatable bonds is 1. The van der Waals surface area contributed by atoms with Crippen LogP contribution in [0, 0.1) is 6.92 Å². The average Bonchev–Trinajstić information content (AvgIpc) is 2.88. The molecular weight excluding hydrogens is 298 g/mol. The van der Waals surface area contributed by atoms with Gasteiger partial charge in [-0.15, -0.1) is 11.3 Å². The second-order valence-corrected chi connectivity index (χ2v) is 5.70. The van der Waals surface area contributed by atoms with Gasteiger partial charge in [0.2, 0.25) is 0 Å². The number of aryl methyl sites for hydroxylation is 2. The van der Waals surface area contributed by atoms with E-state index in [0.29, 0.717) is 0 Å². The van der Waals surface area contributed by atoms with Crippen molar-refractivity contribution in [3.8, 4) is 10.7 Å². The molecule has 0 fully saturated rings. The Hall–Kier alpha value is -1.20. The SMILES string of the molecule is Cc1nc(-c2cccs2)nc2c1c(Br)cn2C. The van der Waals surface area contributed by atoms with Gasteiger partial charge in [0.25, 0.3) is 0 Å². The number of hydrogen-bond acceptors (Lipinski definition) is 3. The van der Waals surface area contributed by atoms with Crippen LogP contribution in [0.25, 0.3) is 21.7 Å². The van der Waals surface area contributed by atoms with Gasteiger partial charge in [-0.25, -0.2) is 9.97 Å². The highest BCUT2D eigenvalue weighted by molar-refractivity contribution is 9.10. The van der Waals surface area contributed by atoms with Gasteiger partial charge in [-0.05, 0) is 34.3 Å². The summed E-state index contributed by atoms with van der Waals surface area (Å²) < 4.78 is 3.07. The van der Waals surface area contributed by atoms with Crippen LogP contribution in [0.1, 0.15) is 5.69 Å². The summed E-state index contributed by atoms with van der Waals surface area (Å²) in [5.74, 6) is 0.804. The smallest absolute Gasteiger partial charge is 0.171 e. The number of hydrogen-bond donors (Lipinski definition) is 0. The molecule has 0 N–H and O–H groups in total. The molecule has 3 aromatic heterocycles. The predicted molar refractivity (Wildman–Crippen MR) is 74.3 cm³/mol. The maximum Gasteiger partial charge on any atom is 0.171 e. The molecule has 0 radical (unpaired) electrons. The van der Waals surface area contributed by atoms with E-state index in [0.717, 1.165) is 31.9 Å². The minimum absolute atomic E-state index is 0.804. The molecule has 86 valence electrons. The fourth-order valence-electron chi connectivity index (χ4n) is 1.90.